The minimum atomic E-state index is -2.05. The molecule has 0 amide bonds. The fourth-order valence-corrected chi connectivity index (χ4v) is 8.52. The van der Waals surface area contributed by atoms with E-state index in [2.05, 4.69) is 64.6 Å². The van der Waals surface area contributed by atoms with Crippen LogP contribution >= 0.6 is 0 Å². The summed E-state index contributed by atoms with van der Waals surface area (Å²) in [7, 11) is 0. The first kappa shape index (κ1) is 44.5. The van der Waals surface area contributed by atoms with Gasteiger partial charge in [-0.3, -0.25) is 4.79 Å². The van der Waals surface area contributed by atoms with Crippen LogP contribution in [0.4, 0.5) is 0 Å². The second kappa shape index (κ2) is 19.1. The van der Waals surface area contributed by atoms with E-state index in [0.717, 1.165) is 64.5 Å². The molecule has 1 heterocycles. The molecule has 0 saturated carbocycles. The zero-order chi connectivity index (χ0) is 39.0. The summed E-state index contributed by atoms with van der Waals surface area (Å²) in [4.78, 5) is 33.5. The molecule has 1 aromatic heterocycles. The number of aliphatic hydroxyl groups excluding tert-OH is 1. The van der Waals surface area contributed by atoms with E-state index >= 15 is 0 Å². The summed E-state index contributed by atoms with van der Waals surface area (Å²) in [6, 6.07) is 35.2. The van der Waals surface area contributed by atoms with Gasteiger partial charge in [0.05, 0.1) is 0 Å². The number of nitrogens with zero attached hydrogens (tertiary/aromatic N) is 1. The second-order valence-corrected chi connectivity index (χ2v) is 25.9. The monoisotopic (exact) mass is 967 g/mol. The number of rotatable bonds is 12. The first-order valence-electron chi connectivity index (χ1n) is 18.6. The molecule has 0 unspecified atom stereocenters. The summed E-state index contributed by atoms with van der Waals surface area (Å²) in [5, 5.41) is 20.3. The van der Waals surface area contributed by atoms with Gasteiger partial charge >= 0.3 is 203 Å². The minimum Gasteiger partial charge on any atom is 0 e. The minimum absolute atomic E-state index is 0. The number of carbonyl (C=O) groups excluding carboxylic acids is 2. The number of pyridine rings is 1. The predicted octanol–water partition coefficient (Wildman–Crippen LogP) is 11.9. The smallest absolute Gasteiger partial charge is 0 e. The van der Waals surface area contributed by atoms with Gasteiger partial charge in [-0.2, -0.15) is 0 Å². The van der Waals surface area contributed by atoms with Crippen molar-refractivity contribution in [2.24, 2.45) is 10.8 Å². The molecule has 0 aliphatic carbocycles. The van der Waals surface area contributed by atoms with Crippen molar-refractivity contribution in [1.29, 1.82) is 0 Å². The molecule has 4 aromatic carbocycles. The molecule has 0 aliphatic heterocycles. The Bertz CT molecular complexity index is 2060. The van der Waals surface area contributed by atoms with Gasteiger partial charge in [0, 0.05) is 37.0 Å². The molecule has 8 heteroatoms. The van der Waals surface area contributed by atoms with Crippen LogP contribution in [-0.2, 0) is 29.8 Å². The Morgan fingerprint density at radius 2 is 1.31 bits per heavy atom. The summed E-state index contributed by atoms with van der Waals surface area (Å²) in [6.45, 7) is 12.1. The zero-order valence-electron chi connectivity index (χ0n) is 33.0. The number of hydrogen-bond acceptors (Lipinski definition) is 6. The molecule has 0 atom stereocenters. The van der Waals surface area contributed by atoms with Crippen molar-refractivity contribution >= 4 is 40.3 Å². The number of carbonyl (C=O) groups is 2. The molecule has 0 bridgehead atoms. The fourth-order valence-electron chi connectivity index (χ4n) is 6.08. The molecule has 5 aromatic rings. The van der Waals surface area contributed by atoms with Gasteiger partial charge in [-0.15, -0.1) is 0 Å². The van der Waals surface area contributed by atoms with Crippen LogP contribution in [0.25, 0.3) is 44.4 Å². The maximum absolute atomic E-state index is 12.3. The van der Waals surface area contributed by atoms with Crippen LogP contribution in [0.3, 0.4) is 0 Å². The van der Waals surface area contributed by atoms with Crippen LogP contribution in [0.2, 0.25) is 17.3 Å². The van der Waals surface area contributed by atoms with E-state index in [-0.39, 0.29) is 48.0 Å². The van der Waals surface area contributed by atoms with E-state index in [4.69, 9.17) is 10.2 Å². The SMILES string of the molecule is CCC(C)(CC)C(=O)/C=C(\O)C(C)(CC)CC.[CH3][Ge]([CH3])([CH3])[c]1ccc2nc(-c3[c-]cc(C(=O)OO)c(-c4ccccc4)c3)cc(-c3ccccc3)c2c1.[Ir]. The maximum Gasteiger partial charge on any atom is 0 e. The number of benzene rings is 4. The second-order valence-electron chi connectivity index (χ2n) is 15.3. The molecule has 1 radical (unpaired) electrons. The number of aromatic nitrogens is 1. The zero-order valence-corrected chi connectivity index (χ0v) is 37.5. The van der Waals surface area contributed by atoms with Gasteiger partial charge in [-0.05, 0) is 25.7 Å². The Morgan fingerprint density at radius 3 is 1.81 bits per heavy atom. The molecular formula is C46H54GeIrNO5-. The largest absolute Gasteiger partial charge is 0 e. The topological polar surface area (TPSA) is 96.7 Å². The molecule has 0 aliphatic rings. The van der Waals surface area contributed by atoms with E-state index in [0.29, 0.717) is 5.56 Å². The van der Waals surface area contributed by atoms with Crippen LogP contribution < -0.4 is 4.40 Å². The van der Waals surface area contributed by atoms with Gasteiger partial charge < -0.3 is 5.11 Å². The number of allylic oxidation sites excluding steroid dienone is 2. The van der Waals surface area contributed by atoms with E-state index in [1.54, 1.807) is 6.07 Å². The summed E-state index contributed by atoms with van der Waals surface area (Å²) in [5.41, 5.74) is 5.75. The molecule has 287 valence electrons. The first-order valence-corrected chi connectivity index (χ1v) is 25.9. The van der Waals surface area contributed by atoms with Crippen molar-refractivity contribution in [3.63, 3.8) is 0 Å². The third-order valence-corrected chi connectivity index (χ3v) is 15.3. The van der Waals surface area contributed by atoms with Gasteiger partial charge in [0.15, 0.2) is 5.78 Å². The number of hydrogen-bond donors (Lipinski definition) is 2. The standard InChI is InChI=1S/C31H26GeNO3.C15H28O2.Ir/c1-32(2,3)24-15-17-29-28(19-24)27(22-12-8-5-9-13-22)20-30(33-29)23-14-16-25(31(34)36-35)26(18-23)21-10-6-4-7-11-21;1-7-14(5,8-2)12(16)11-13(17)15(6,9-3)10-4;/h4-13,15-20,35H,1-3H3;11,16H,7-10H2,1-6H3;/q-1;;/b;12-11-;. The van der Waals surface area contributed by atoms with Gasteiger partial charge in [0.1, 0.15) is 5.76 Å². The number of ketones is 1. The summed E-state index contributed by atoms with van der Waals surface area (Å²) in [5.74, 6) is 6.64. The summed E-state index contributed by atoms with van der Waals surface area (Å²) in [6.07, 6.45) is 4.75. The quantitative estimate of drug-likeness (QED) is 0.0323. The van der Waals surface area contributed by atoms with Crippen molar-refractivity contribution in [2.75, 3.05) is 0 Å². The number of fused-ring (bicyclic) bond motifs is 1. The van der Waals surface area contributed by atoms with Crippen molar-refractivity contribution in [3.05, 3.63) is 121 Å². The Hall–Kier alpha value is -3.88. The third-order valence-electron chi connectivity index (χ3n) is 11.0. The molecule has 0 spiro atoms. The van der Waals surface area contributed by atoms with E-state index in [1.807, 2.05) is 96.1 Å². The molecule has 2 N–H and O–H groups in total. The molecule has 6 nitrogen and oxygen atoms in total. The predicted molar refractivity (Wildman–Crippen MR) is 221 cm³/mol. The van der Waals surface area contributed by atoms with Crippen molar-refractivity contribution in [2.45, 2.75) is 84.5 Å². The van der Waals surface area contributed by atoms with Crippen LogP contribution in [0, 0.1) is 16.9 Å². The van der Waals surface area contributed by atoms with Gasteiger partial charge in [0.25, 0.3) is 0 Å². The molecule has 5 rings (SSSR count). The summed E-state index contributed by atoms with van der Waals surface area (Å²) < 4.78 is 1.43. The van der Waals surface area contributed by atoms with Crippen molar-refractivity contribution in [1.82, 2.24) is 4.98 Å². The molecule has 0 saturated heterocycles. The fraction of sp³-hybridized carbons (Fsp3) is 0.326. The van der Waals surface area contributed by atoms with E-state index in [9.17, 15) is 14.7 Å². The normalized spacial score (nSPS) is 12.0. The van der Waals surface area contributed by atoms with Crippen LogP contribution in [0.5, 0.6) is 0 Å². The molecule has 54 heavy (non-hydrogen) atoms. The van der Waals surface area contributed by atoms with Gasteiger partial charge in [-0.25, -0.2) is 5.26 Å². The Kier molecular flexibility index (Phi) is 15.8. The van der Waals surface area contributed by atoms with Gasteiger partial charge in [0.2, 0.25) is 0 Å². The van der Waals surface area contributed by atoms with Crippen LogP contribution in [0.1, 0.15) is 77.6 Å². The van der Waals surface area contributed by atoms with Crippen molar-refractivity contribution in [3.8, 4) is 33.5 Å². The maximum atomic E-state index is 12.3. The third kappa shape index (κ3) is 10.2. The molecule has 0 fully saturated rings. The van der Waals surface area contributed by atoms with E-state index in [1.165, 1.54) is 10.5 Å². The Morgan fingerprint density at radius 1 is 0.778 bits per heavy atom. The number of aliphatic hydroxyl groups is 1. The van der Waals surface area contributed by atoms with Crippen LogP contribution in [0.15, 0.2) is 109 Å². The van der Waals surface area contributed by atoms with Crippen LogP contribution in [-0.4, -0.2) is 40.4 Å². The Balaban J connectivity index is 0.000000372. The van der Waals surface area contributed by atoms with Gasteiger partial charge in [-0.1, -0.05) is 47.6 Å². The average molecular weight is 966 g/mol. The van der Waals surface area contributed by atoms with E-state index < -0.39 is 19.2 Å². The first-order chi connectivity index (χ1) is 25.1. The summed E-state index contributed by atoms with van der Waals surface area (Å²) >= 11 is -2.05. The molecular weight excluding hydrogens is 911 g/mol. The average Bonchev–Trinajstić information content (AvgIpc) is 3.19. The van der Waals surface area contributed by atoms with Crippen molar-refractivity contribution < 1.29 is 44.9 Å². The Labute approximate surface area is 337 Å².